The van der Waals surface area contributed by atoms with Crippen LogP contribution in [0.3, 0.4) is 0 Å². The van der Waals surface area contributed by atoms with Gasteiger partial charge in [-0.3, -0.25) is 4.79 Å². The molecule has 1 aromatic rings. The molecule has 0 spiro atoms. The number of benzene rings is 1. The van der Waals surface area contributed by atoms with Crippen molar-refractivity contribution < 1.29 is 9.53 Å². The number of carbonyl (C=O) groups excluding carboxylic acids is 1. The van der Waals surface area contributed by atoms with Crippen molar-refractivity contribution >= 4 is 11.6 Å². The number of nitrogens with two attached hydrogens (primary N) is 1. The van der Waals surface area contributed by atoms with E-state index in [1.807, 2.05) is 38.1 Å². The lowest BCUT2D eigenvalue weighted by Gasteiger charge is -2.21. The van der Waals surface area contributed by atoms with Crippen molar-refractivity contribution in [2.24, 2.45) is 11.7 Å². The molecule has 0 aliphatic carbocycles. The number of para-hydroxylation sites is 2. The second kappa shape index (κ2) is 5.40. The summed E-state index contributed by atoms with van der Waals surface area (Å²) in [6.45, 7) is 5.19. The molecule has 18 heavy (non-hydrogen) atoms. The number of hydrogen-bond acceptors (Lipinski definition) is 3. The van der Waals surface area contributed by atoms with Crippen molar-refractivity contribution in [2.75, 3.05) is 18.0 Å². The van der Waals surface area contributed by atoms with Gasteiger partial charge in [0.25, 0.3) is 0 Å². The number of ether oxygens (including phenoxy) is 1. The van der Waals surface area contributed by atoms with E-state index >= 15 is 0 Å². The van der Waals surface area contributed by atoms with Gasteiger partial charge in [-0.25, -0.2) is 0 Å². The standard InChI is InChI=1S/C14H20N2O2/c1-10(2)18-13-6-4-3-5-12(13)16-9-11(8-15)7-14(16)17/h3-6,10-11H,7-9,15H2,1-2H3. The Balaban J connectivity index is 2.25. The number of nitrogens with zero attached hydrogens (tertiary/aromatic N) is 1. The van der Waals surface area contributed by atoms with Crippen molar-refractivity contribution in [3.05, 3.63) is 24.3 Å². The molecule has 1 amide bonds. The van der Waals surface area contributed by atoms with Gasteiger partial charge in [0.2, 0.25) is 5.91 Å². The van der Waals surface area contributed by atoms with Crippen LogP contribution >= 0.6 is 0 Å². The summed E-state index contributed by atoms with van der Waals surface area (Å²) in [6.07, 6.45) is 0.626. The van der Waals surface area contributed by atoms with Crippen molar-refractivity contribution in [3.63, 3.8) is 0 Å². The minimum absolute atomic E-state index is 0.0918. The number of rotatable bonds is 4. The normalized spacial score (nSPS) is 19.7. The zero-order chi connectivity index (χ0) is 13.1. The number of carbonyl (C=O) groups is 1. The second-order valence-electron chi connectivity index (χ2n) is 4.94. The molecule has 1 aliphatic heterocycles. The molecule has 1 heterocycles. The summed E-state index contributed by atoms with van der Waals surface area (Å²) in [5.74, 6) is 1.15. The van der Waals surface area contributed by atoms with Gasteiger partial charge in [-0.15, -0.1) is 0 Å². The molecule has 4 nitrogen and oxygen atoms in total. The topological polar surface area (TPSA) is 55.6 Å². The van der Waals surface area contributed by atoms with E-state index in [2.05, 4.69) is 0 Å². The first-order chi connectivity index (χ1) is 8.61. The van der Waals surface area contributed by atoms with Crippen LogP contribution in [0.2, 0.25) is 0 Å². The number of hydrogen-bond donors (Lipinski definition) is 1. The Morgan fingerprint density at radius 2 is 2.17 bits per heavy atom. The van der Waals surface area contributed by atoms with Crippen molar-refractivity contribution in [1.29, 1.82) is 0 Å². The Labute approximate surface area is 108 Å². The Morgan fingerprint density at radius 1 is 1.44 bits per heavy atom. The fourth-order valence-electron chi connectivity index (χ4n) is 2.21. The average molecular weight is 248 g/mol. The monoisotopic (exact) mass is 248 g/mol. The van der Waals surface area contributed by atoms with E-state index in [0.29, 0.717) is 19.5 Å². The van der Waals surface area contributed by atoms with Crippen LogP contribution in [0, 0.1) is 5.92 Å². The van der Waals surface area contributed by atoms with Crippen molar-refractivity contribution in [1.82, 2.24) is 0 Å². The number of amides is 1. The predicted molar refractivity (Wildman–Crippen MR) is 71.7 cm³/mol. The van der Waals surface area contributed by atoms with Gasteiger partial charge in [0.15, 0.2) is 0 Å². The van der Waals surface area contributed by atoms with Crippen LogP contribution in [-0.4, -0.2) is 25.1 Å². The molecule has 1 aliphatic rings. The zero-order valence-electron chi connectivity index (χ0n) is 10.9. The highest BCUT2D eigenvalue weighted by molar-refractivity contribution is 5.97. The lowest BCUT2D eigenvalue weighted by Crippen LogP contribution is -2.26. The smallest absolute Gasteiger partial charge is 0.227 e. The van der Waals surface area contributed by atoms with E-state index in [1.165, 1.54) is 0 Å². The lowest BCUT2D eigenvalue weighted by molar-refractivity contribution is -0.117. The molecule has 0 bridgehead atoms. The number of anilines is 1. The van der Waals surface area contributed by atoms with Crippen LogP contribution in [0.1, 0.15) is 20.3 Å². The van der Waals surface area contributed by atoms with E-state index < -0.39 is 0 Å². The maximum Gasteiger partial charge on any atom is 0.227 e. The van der Waals surface area contributed by atoms with E-state index in [9.17, 15) is 4.79 Å². The Bertz CT molecular complexity index is 432. The fraction of sp³-hybridized carbons (Fsp3) is 0.500. The zero-order valence-corrected chi connectivity index (χ0v) is 10.9. The average Bonchev–Trinajstić information content (AvgIpc) is 2.70. The predicted octanol–water partition coefficient (Wildman–Crippen LogP) is 1.79. The summed E-state index contributed by atoms with van der Waals surface area (Å²) in [6, 6.07) is 7.67. The van der Waals surface area contributed by atoms with Crippen molar-refractivity contribution in [2.45, 2.75) is 26.4 Å². The van der Waals surface area contributed by atoms with E-state index in [0.717, 1.165) is 11.4 Å². The maximum atomic E-state index is 12.0. The molecular weight excluding hydrogens is 228 g/mol. The minimum Gasteiger partial charge on any atom is -0.489 e. The minimum atomic E-state index is 0.0918. The van der Waals surface area contributed by atoms with Gasteiger partial charge in [-0.05, 0) is 38.4 Å². The first-order valence-corrected chi connectivity index (χ1v) is 6.38. The Kier molecular flexibility index (Phi) is 3.87. The van der Waals surface area contributed by atoms with Crippen LogP contribution < -0.4 is 15.4 Å². The summed E-state index contributed by atoms with van der Waals surface area (Å²) in [4.78, 5) is 13.8. The SMILES string of the molecule is CC(C)Oc1ccccc1N1CC(CN)CC1=O. The van der Waals surface area contributed by atoms with Gasteiger partial charge < -0.3 is 15.4 Å². The Hall–Kier alpha value is -1.55. The highest BCUT2D eigenvalue weighted by Gasteiger charge is 2.31. The molecule has 2 N–H and O–H groups in total. The quantitative estimate of drug-likeness (QED) is 0.883. The van der Waals surface area contributed by atoms with Crippen molar-refractivity contribution in [3.8, 4) is 5.75 Å². The first kappa shape index (κ1) is 12.9. The molecule has 1 saturated heterocycles. The van der Waals surface area contributed by atoms with E-state index in [4.69, 9.17) is 10.5 Å². The van der Waals surface area contributed by atoms with Gasteiger partial charge in [0.1, 0.15) is 5.75 Å². The maximum absolute atomic E-state index is 12.0. The molecule has 2 rings (SSSR count). The van der Waals surface area contributed by atoms with Gasteiger partial charge in [-0.1, -0.05) is 12.1 Å². The van der Waals surface area contributed by atoms with Gasteiger partial charge in [0, 0.05) is 13.0 Å². The summed E-state index contributed by atoms with van der Waals surface area (Å²) in [5, 5.41) is 0. The third-order valence-corrected chi connectivity index (χ3v) is 3.06. The van der Waals surface area contributed by atoms with Crippen LogP contribution in [0.4, 0.5) is 5.69 Å². The molecule has 4 heteroatoms. The summed E-state index contributed by atoms with van der Waals surface area (Å²) in [5.41, 5.74) is 6.50. The third-order valence-electron chi connectivity index (χ3n) is 3.06. The molecule has 1 unspecified atom stereocenters. The van der Waals surface area contributed by atoms with Crippen LogP contribution in [0.5, 0.6) is 5.75 Å². The summed E-state index contributed by atoms with van der Waals surface area (Å²) >= 11 is 0. The lowest BCUT2D eigenvalue weighted by atomic mass is 10.1. The first-order valence-electron chi connectivity index (χ1n) is 6.38. The molecule has 0 radical (unpaired) electrons. The molecular formula is C14H20N2O2. The van der Waals surface area contributed by atoms with Crippen LogP contribution in [0.15, 0.2) is 24.3 Å². The molecule has 1 atom stereocenters. The van der Waals surface area contributed by atoms with Gasteiger partial charge in [0.05, 0.1) is 11.8 Å². The van der Waals surface area contributed by atoms with Crippen LogP contribution in [0.25, 0.3) is 0 Å². The van der Waals surface area contributed by atoms with E-state index in [-0.39, 0.29) is 17.9 Å². The highest BCUT2D eigenvalue weighted by Crippen LogP contribution is 2.33. The molecule has 0 aromatic heterocycles. The highest BCUT2D eigenvalue weighted by atomic mass is 16.5. The van der Waals surface area contributed by atoms with Crippen LogP contribution in [-0.2, 0) is 4.79 Å². The molecule has 1 fully saturated rings. The largest absolute Gasteiger partial charge is 0.489 e. The molecule has 1 aromatic carbocycles. The summed E-state index contributed by atoms with van der Waals surface area (Å²) < 4.78 is 5.75. The third kappa shape index (κ3) is 2.64. The molecule has 0 saturated carbocycles. The Morgan fingerprint density at radius 3 is 2.78 bits per heavy atom. The fourth-order valence-corrected chi connectivity index (χ4v) is 2.21. The van der Waals surface area contributed by atoms with Gasteiger partial charge >= 0.3 is 0 Å². The van der Waals surface area contributed by atoms with E-state index in [1.54, 1.807) is 4.90 Å². The second-order valence-corrected chi connectivity index (χ2v) is 4.94. The molecule has 98 valence electrons. The van der Waals surface area contributed by atoms with Gasteiger partial charge in [-0.2, -0.15) is 0 Å². The summed E-state index contributed by atoms with van der Waals surface area (Å²) in [7, 11) is 0.